The summed E-state index contributed by atoms with van der Waals surface area (Å²) in [4.78, 5) is 0. The monoisotopic (exact) mass is 150 g/mol. The number of aromatic nitrogens is 2. The molecule has 11 heavy (non-hydrogen) atoms. The Morgan fingerprint density at radius 3 is 2.91 bits per heavy atom. The third-order valence-corrected chi connectivity index (χ3v) is 2.38. The molecular formula is C9H14N2. The van der Waals surface area contributed by atoms with Gasteiger partial charge in [-0.1, -0.05) is 13.8 Å². The van der Waals surface area contributed by atoms with E-state index >= 15 is 0 Å². The van der Waals surface area contributed by atoms with E-state index in [1.165, 1.54) is 17.7 Å². The largest absolute Gasteiger partial charge is 0.269 e. The Kier molecular flexibility index (Phi) is 1.17. The Balaban J connectivity index is 2.42. The average molecular weight is 150 g/mol. The second-order valence-electron chi connectivity index (χ2n) is 4.27. The van der Waals surface area contributed by atoms with E-state index in [4.69, 9.17) is 0 Å². The molecule has 1 aromatic rings. The second kappa shape index (κ2) is 1.87. The van der Waals surface area contributed by atoms with Crippen LogP contribution in [0, 0.1) is 12.3 Å². The van der Waals surface area contributed by atoms with Crippen LogP contribution in [0.15, 0.2) is 6.20 Å². The molecule has 0 aromatic carbocycles. The van der Waals surface area contributed by atoms with Gasteiger partial charge >= 0.3 is 0 Å². The Hall–Kier alpha value is -0.790. The van der Waals surface area contributed by atoms with E-state index in [0.29, 0.717) is 5.41 Å². The van der Waals surface area contributed by atoms with Crippen molar-refractivity contribution in [1.82, 2.24) is 9.78 Å². The summed E-state index contributed by atoms with van der Waals surface area (Å²) in [6, 6.07) is 0. The van der Waals surface area contributed by atoms with Gasteiger partial charge in [0.05, 0.1) is 6.20 Å². The van der Waals surface area contributed by atoms with E-state index in [2.05, 4.69) is 30.6 Å². The first-order chi connectivity index (χ1) is 5.08. The first-order valence-corrected chi connectivity index (χ1v) is 4.10. The smallest absolute Gasteiger partial charge is 0.0521 e. The minimum Gasteiger partial charge on any atom is -0.269 e. The summed E-state index contributed by atoms with van der Waals surface area (Å²) < 4.78 is 2.13. The molecule has 2 rings (SSSR count). The minimum atomic E-state index is 0.425. The molecular weight excluding hydrogens is 136 g/mol. The number of hydrogen-bond donors (Lipinski definition) is 0. The fraction of sp³-hybridized carbons (Fsp3) is 0.667. The average Bonchev–Trinajstić information content (AvgIpc) is 2.31. The van der Waals surface area contributed by atoms with Gasteiger partial charge in [-0.25, -0.2) is 0 Å². The van der Waals surface area contributed by atoms with Gasteiger partial charge in [0, 0.05) is 12.2 Å². The third-order valence-electron chi connectivity index (χ3n) is 2.38. The summed E-state index contributed by atoms with van der Waals surface area (Å²) in [5.41, 5.74) is 3.19. The van der Waals surface area contributed by atoms with Crippen molar-refractivity contribution in [3.63, 3.8) is 0 Å². The van der Waals surface area contributed by atoms with Gasteiger partial charge in [0.2, 0.25) is 0 Å². The fourth-order valence-corrected chi connectivity index (χ4v) is 1.79. The lowest BCUT2D eigenvalue weighted by Gasteiger charge is -2.14. The van der Waals surface area contributed by atoms with Gasteiger partial charge in [-0.2, -0.15) is 5.10 Å². The van der Waals surface area contributed by atoms with Crippen LogP contribution in [0.2, 0.25) is 0 Å². The highest BCUT2D eigenvalue weighted by molar-refractivity contribution is 5.20. The quantitative estimate of drug-likeness (QED) is 0.551. The molecule has 0 spiro atoms. The maximum Gasteiger partial charge on any atom is 0.0521 e. The molecule has 0 saturated carbocycles. The standard InChI is InChI=1S/C9H14N2/c1-7-5-10-11-6-9(2,3)4-8(7)11/h5H,4,6H2,1-3H3. The molecule has 1 aliphatic heterocycles. The Morgan fingerprint density at radius 2 is 2.27 bits per heavy atom. The molecule has 1 aliphatic rings. The van der Waals surface area contributed by atoms with Crippen molar-refractivity contribution in [2.45, 2.75) is 33.7 Å². The van der Waals surface area contributed by atoms with Crippen molar-refractivity contribution in [2.24, 2.45) is 5.41 Å². The first kappa shape index (κ1) is 6.89. The molecule has 0 N–H and O–H groups in total. The fourth-order valence-electron chi connectivity index (χ4n) is 1.79. The first-order valence-electron chi connectivity index (χ1n) is 4.10. The van der Waals surface area contributed by atoms with Crippen molar-refractivity contribution in [2.75, 3.05) is 0 Å². The van der Waals surface area contributed by atoms with E-state index in [-0.39, 0.29) is 0 Å². The van der Waals surface area contributed by atoms with E-state index in [0.717, 1.165) is 6.54 Å². The predicted octanol–water partition coefficient (Wildman–Crippen LogP) is 1.77. The maximum absolute atomic E-state index is 4.31. The van der Waals surface area contributed by atoms with Crippen LogP contribution >= 0.6 is 0 Å². The zero-order chi connectivity index (χ0) is 8.06. The summed E-state index contributed by atoms with van der Waals surface area (Å²) in [5, 5.41) is 4.31. The third kappa shape index (κ3) is 0.971. The highest BCUT2D eigenvalue weighted by Crippen LogP contribution is 2.32. The van der Waals surface area contributed by atoms with E-state index < -0.39 is 0 Å². The summed E-state index contributed by atoms with van der Waals surface area (Å²) in [6.07, 6.45) is 3.14. The van der Waals surface area contributed by atoms with Gasteiger partial charge in [-0.3, -0.25) is 4.68 Å². The molecule has 0 unspecified atom stereocenters. The second-order valence-corrected chi connectivity index (χ2v) is 4.27. The summed E-state index contributed by atoms with van der Waals surface area (Å²) in [5.74, 6) is 0. The van der Waals surface area contributed by atoms with Crippen LogP contribution in [0.5, 0.6) is 0 Å². The molecule has 2 nitrogen and oxygen atoms in total. The van der Waals surface area contributed by atoms with Crippen LogP contribution in [0.25, 0.3) is 0 Å². The maximum atomic E-state index is 4.31. The van der Waals surface area contributed by atoms with Gasteiger partial charge in [0.1, 0.15) is 0 Å². The normalized spacial score (nSPS) is 20.3. The molecule has 2 heterocycles. The Morgan fingerprint density at radius 1 is 1.55 bits per heavy atom. The number of hydrogen-bond acceptors (Lipinski definition) is 1. The van der Waals surface area contributed by atoms with Crippen molar-refractivity contribution >= 4 is 0 Å². The number of rotatable bonds is 0. The van der Waals surface area contributed by atoms with Crippen LogP contribution in [-0.2, 0) is 13.0 Å². The lowest BCUT2D eigenvalue weighted by atomic mass is 9.91. The lowest BCUT2D eigenvalue weighted by Crippen LogP contribution is -2.12. The summed E-state index contributed by atoms with van der Waals surface area (Å²) in [7, 11) is 0. The zero-order valence-electron chi connectivity index (χ0n) is 7.39. The van der Waals surface area contributed by atoms with Crippen LogP contribution in [0.4, 0.5) is 0 Å². The van der Waals surface area contributed by atoms with Crippen LogP contribution in [0.3, 0.4) is 0 Å². The molecule has 1 aromatic heterocycles. The Bertz CT molecular complexity index is 284. The Labute approximate surface area is 67.2 Å². The number of aryl methyl sites for hydroxylation is 1. The SMILES string of the molecule is Cc1cnn2c1CC(C)(C)C2. The van der Waals surface area contributed by atoms with Gasteiger partial charge in [-0.15, -0.1) is 0 Å². The predicted molar refractivity (Wildman–Crippen MR) is 44.4 cm³/mol. The number of fused-ring (bicyclic) bond motifs is 1. The van der Waals surface area contributed by atoms with Crippen molar-refractivity contribution in [3.05, 3.63) is 17.5 Å². The highest BCUT2D eigenvalue weighted by atomic mass is 15.3. The van der Waals surface area contributed by atoms with E-state index in [9.17, 15) is 0 Å². The van der Waals surface area contributed by atoms with Crippen LogP contribution < -0.4 is 0 Å². The highest BCUT2D eigenvalue weighted by Gasteiger charge is 2.29. The minimum absolute atomic E-state index is 0.425. The molecule has 0 fully saturated rings. The van der Waals surface area contributed by atoms with Crippen LogP contribution in [-0.4, -0.2) is 9.78 Å². The summed E-state index contributed by atoms with van der Waals surface area (Å²) >= 11 is 0. The van der Waals surface area contributed by atoms with Gasteiger partial charge in [0.15, 0.2) is 0 Å². The molecule has 0 bridgehead atoms. The van der Waals surface area contributed by atoms with Gasteiger partial charge < -0.3 is 0 Å². The topological polar surface area (TPSA) is 17.8 Å². The van der Waals surface area contributed by atoms with Crippen molar-refractivity contribution in [3.8, 4) is 0 Å². The molecule has 0 aliphatic carbocycles. The van der Waals surface area contributed by atoms with Crippen LogP contribution in [0.1, 0.15) is 25.1 Å². The summed E-state index contributed by atoms with van der Waals surface area (Å²) in [6.45, 7) is 7.80. The number of nitrogens with zero attached hydrogens (tertiary/aromatic N) is 2. The molecule has 2 heteroatoms. The van der Waals surface area contributed by atoms with Gasteiger partial charge in [0.25, 0.3) is 0 Å². The molecule has 0 atom stereocenters. The van der Waals surface area contributed by atoms with E-state index in [1.54, 1.807) is 0 Å². The molecule has 0 radical (unpaired) electrons. The zero-order valence-corrected chi connectivity index (χ0v) is 7.39. The van der Waals surface area contributed by atoms with Crippen molar-refractivity contribution < 1.29 is 0 Å². The molecule has 0 amide bonds. The van der Waals surface area contributed by atoms with Gasteiger partial charge in [-0.05, 0) is 24.3 Å². The molecule has 0 saturated heterocycles. The lowest BCUT2D eigenvalue weighted by molar-refractivity contribution is 0.346. The van der Waals surface area contributed by atoms with Crippen molar-refractivity contribution in [1.29, 1.82) is 0 Å². The molecule has 60 valence electrons. The van der Waals surface area contributed by atoms with E-state index in [1.807, 2.05) is 6.20 Å².